The number of hydrogen-bond acceptors (Lipinski definition) is 2. The van der Waals surface area contributed by atoms with Crippen molar-refractivity contribution in [3.05, 3.63) is 64.4 Å². The molecule has 0 aliphatic carbocycles. The van der Waals surface area contributed by atoms with Crippen molar-refractivity contribution in [2.45, 2.75) is 19.8 Å². The lowest BCUT2D eigenvalue weighted by Gasteiger charge is -2.31. The van der Waals surface area contributed by atoms with Crippen molar-refractivity contribution < 1.29 is 14.0 Å². The molecule has 0 radical (unpaired) electrons. The number of likely N-dealkylation sites (tertiary alicyclic amines) is 1. The van der Waals surface area contributed by atoms with E-state index in [0.29, 0.717) is 42.2 Å². The second-order valence-electron chi connectivity index (χ2n) is 6.55. The highest BCUT2D eigenvalue weighted by atomic mass is 35.5. The number of aryl methyl sites for hydroxylation is 1. The fourth-order valence-electron chi connectivity index (χ4n) is 3.08. The largest absolute Gasteiger partial charge is 0.339 e. The maximum atomic E-state index is 13.0. The van der Waals surface area contributed by atoms with Crippen molar-refractivity contribution in [2.24, 2.45) is 5.92 Å². The predicted octanol–water partition coefficient (Wildman–Crippen LogP) is 4.28. The van der Waals surface area contributed by atoms with E-state index in [1.165, 1.54) is 24.3 Å². The Morgan fingerprint density at radius 3 is 2.38 bits per heavy atom. The molecular weight excluding hydrogens is 355 g/mol. The molecule has 1 heterocycles. The molecule has 0 aromatic heterocycles. The first-order valence-electron chi connectivity index (χ1n) is 8.56. The van der Waals surface area contributed by atoms with Gasteiger partial charge in [-0.2, -0.15) is 0 Å². The van der Waals surface area contributed by atoms with Crippen LogP contribution < -0.4 is 5.32 Å². The Balaban J connectivity index is 1.56. The average molecular weight is 375 g/mol. The van der Waals surface area contributed by atoms with Crippen molar-refractivity contribution in [3.8, 4) is 0 Å². The minimum Gasteiger partial charge on any atom is -0.339 e. The summed E-state index contributed by atoms with van der Waals surface area (Å²) in [4.78, 5) is 26.6. The minimum absolute atomic E-state index is 0.0790. The summed E-state index contributed by atoms with van der Waals surface area (Å²) in [7, 11) is 0. The summed E-state index contributed by atoms with van der Waals surface area (Å²) in [5, 5.41) is 3.39. The Bertz CT molecular complexity index is 815. The Morgan fingerprint density at radius 2 is 1.77 bits per heavy atom. The van der Waals surface area contributed by atoms with Crippen molar-refractivity contribution >= 4 is 29.1 Å². The molecule has 1 N–H and O–H groups in total. The van der Waals surface area contributed by atoms with E-state index < -0.39 is 0 Å². The predicted molar refractivity (Wildman–Crippen MR) is 99.8 cm³/mol. The van der Waals surface area contributed by atoms with Gasteiger partial charge in [0.2, 0.25) is 5.91 Å². The molecule has 26 heavy (non-hydrogen) atoms. The second-order valence-corrected chi connectivity index (χ2v) is 6.95. The first-order valence-corrected chi connectivity index (χ1v) is 8.93. The van der Waals surface area contributed by atoms with E-state index in [2.05, 4.69) is 5.32 Å². The van der Waals surface area contributed by atoms with Gasteiger partial charge in [-0.05, 0) is 61.7 Å². The Kier molecular flexibility index (Phi) is 5.57. The van der Waals surface area contributed by atoms with Crippen LogP contribution in [0.3, 0.4) is 0 Å². The zero-order valence-corrected chi connectivity index (χ0v) is 15.2. The number of halogens is 2. The molecule has 1 fully saturated rings. The number of piperidine rings is 1. The third kappa shape index (κ3) is 4.22. The topological polar surface area (TPSA) is 49.4 Å². The highest BCUT2D eigenvalue weighted by molar-refractivity contribution is 6.33. The zero-order valence-electron chi connectivity index (χ0n) is 14.5. The van der Waals surface area contributed by atoms with Gasteiger partial charge < -0.3 is 10.2 Å². The minimum atomic E-state index is -0.369. The number of benzene rings is 2. The molecule has 1 aliphatic rings. The fourth-order valence-corrected chi connectivity index (χ4v) is 3.36. The van der Waals surface area contributed by atoms with Gasteiger partial charge >= 0.3 is 0 Å². The van der Waals surface area contributed by atoms with Crippen LogP contribution >= 0.6 is 11.6 Å². The van der Waals surface area contributed by atoms with E-state index in [4.69, 9.17) is 11.6 Å². The number of hydrogen-bond donors (Lipinski definition) is 1. The summed E-state index contributed by atoms with van der Waals surface area (Å²) in [5.41, 5.74) is 2.09. The van der Waals surface area contributed by atoms with Gasteiger partial charge in [-0.25, -0.2) is 4.39 Å². The van der Waals surface area contributed by atoms with Gasteiger partial charge in [-0.1, -0.05) is 17.7 Å². The van der Waals surface area contributed by atoms with E-state index in [1.54, 1.807) is 17.0 Å². The third-order valence-corrected chi connectivity index (χ3v) is 4.94. The number of anilines is 1. The molecule has 0 bridgehead atoms. The molecule has 0 atom stereocenters. The van der Waals surface area contributed by atoms with Gasteiger partial charge in [0, 0.05) is 24.6 Å². The normalized spacial score (nSPS) is 15.0. The first kappa shape index (κ1) is 18.4. The van der Waals surface area contributed by atoms with Crippen LogP contribution in [0.1, 0.15) is 28.8 Å². The molecule has 4 nitrogen and oxygen atoms in total. The second kappa shape index (κ2) is 7.87. The molecule has 2 aromatic carbocycles. The van der Waals surface area contributed by atoms with Crippen LogP contribution in [0.5, 0.6) is 0 Å². The molecule has 0 unspecified atom stereocenters. The van der Waals surface area contributed by atoms with Gasteiger partial charge in [-0.3, -0.25) is 9.59 Å². The average Bonchev–Trinajstić information content (AvgIpc) is 2.64. The fraction of sp³-hybridized carbons (Fsp3) is 0.300. The number of carbonyl (C=O) groups excluding carboxylic acids is 2. The van der Waals surface area contributed by atoms with Crippen LogP contribution in [0.15, 0.2) is 42.5 Å². The molecule has 3 rings (SSSR count). The summed E-state index contributed by atoms with van der Waals surface area (Å²) in [6.07, 6.45) is 1.17. The number of nitrogens with zero attached hydrogens (tertiary/aromatic N) is 1. The van der Waals surface area contributed by atoms with E-state index >= 15 is 0 Å². The van der Waals surface area contributed by atoms with E-state index in [9.17, 15) is 14.0 Å². The van der Waals surface area contributed by atoms with E-state index in [0.717, 1.165) is 5.56 Å². The summed E-state index contributed by atoms with van der Waals surface area (Å²) < 4.78 is 13.0. The van der Waals surface area contributed by atoms with Crippen LogP contribution in [0.2, 0.25) is 5.02 Å². The van der Waals surface area contributed by atoms with Crippen LogP contribution in [0.4, 0.5) is 10.1 Å². The lowest BCUT2D eigenvalue weighted by atomic mass is 9.95. The summed E-state index contributed by atoms with van der Waals surface area (Å²) in [6.45, 7) is 2.93. The van der Waals surface area contributed by atoms with Gasteiger partial charge in [0.25, 0.3) is 5.91 Å². The van der Waals surface area contributed by atoms with Crippen LogP contribution in [-0.2, 0) is 4.79 Å². The summed E-state index contributed by atoms with van der Waals surface area (Å²) >= 11 is 6.16. The molecule has 1 aliphatic heterocycles. The van der Waals surface area contributed by atoms with E-state index in [1.807, 2.05) is 13.0 Å². The van der Waals surface area contributed by atoms with E-state index in [-0.39, 0.29) is 23.5 Å². The Morgan fingerprint density at radius 1 is 1.12 bits per heavy atom. The molecule has 0 spiro atoms. The van der Waals surface area contributed by atoms with Crippen LogP contribution in [0.25, 0.3) is 0 Å². The van der Waals surface area contributed by atoms with Crippen molar-refractivity contribution in [1.29, 1.82) is 0 Å². The smallest absolute Gasteiger partial charge is 0.253 e. The molecule has 0 saturated carbocycles. The van der Waals surface area contributed by atoms with Crippen LogP contribution in [-0.4, -0.2) is 29.8 Å². The lowest BCUT2D eigenvalue weighted by Crippen LogP contribution is -2.41. The third-order valence-electron chi connectivity index (χ3n) is 4.63. The lowest BCUT2D eigenvalue weighted by molar-refractivity contribution is -0.121. The molecule has 6 heteroatoms. The number of amides is 2. The van der Waals surface area contributed by atoms with Gasteiger partial charge in [0.1, 0.15) is 5.82 Å². The standard InChI is InChI=1S/C20H20ClFN2O2/c1-13-2-7-18(17(21)12-13)23-19(25)14-8-10-24(11-9-14)20(26)15-3-5-16(22)6-4-15/h2-7,12,14H,8-11H2,1H3,(H,23,25). The van der Waals surface area contributed by atoms with Gasteiger partial charge in [0.05, 0.1) is 10.7 Å². The number of nitrogens with one attached hydrogen (secondary N) is 1. The van der Waals surface area contributed by atoms with Crippen molar-refractivity contribution in [1.82, 2.24) is 4.90 Å². The molecular formula is C20H20ClFN2O2. The monoisotopic (exact) mass is 374 g/mol. The highest BCUT2D eigenvalue weighted by Crippen LogP contribution is 2.25. The quantitative estimate of drug-likeness (QED) is 0.871. The SMILES string of the molecule is Cc1ccc(NC(=O)C2CCN(C(=O)c3ccc(F)cc3)CC2)c(Cl)c1. The van der Waals surface area contributed by atoms with Crippen molar-refractivity contribution in [2.75, 3.05) is 18.4 Å². The maximum absolute atomic E-state index is 13.0. The molecule has 2 amide bonds. The molecule has 1 saturated heterocycles. The van der Waals surface area contributed by atoms with Crippen LogP contribution in [0, 0.1) is 18.7 Å². The molecule has 136 valence electrons. The van der Waals surface area contributed by atoms with Gasteiger partial charge in [-0.15, -0.1) is 0 Å². The first-order chi connectivity index (χ1) is 12.4. The highest BCUT2D eigenvalue weighted by Gasteiger charge is 2.28. The number of carbonyl (C=O) groups is 2. The van der Waals surface area contributed by atoms with Gasteiger partial charge in [0.15, 0.2) is 0 Å². The maximum Gasteiger partial charge on any atom is 0.253 e. The Labute approximate surface area is 157 Å². The summed E-state index contributed by atoms with van der Waals surface area (Å²) in [6, 6.07) is 11.0. The number of rotatable bonds is 3. The van der Waals surface area contributed by atoms with Crippen molar-refractivity contribution in [3.63, 3.8) is 0 Å². The summed E-state index contributed by atoms with van der Waals surface area (Å²) in [5.74, 6) is -0.744. The Hall–Kier alpha value is -2.40. The molecule has 2 aromatic rings. The zero-order chi connectivity index (χ0) is 18.7.